The highest BCUT2D eigenvalue weighted by Crippen LogP contribution is 2.43. The Bertz CT molecular complexity index is 698. The van der Waals surface area contributed by atoms with Crippen molar-refractivity contribution in [1.29, 1.82) is 0 Å². The fraction of sp³-hybridized carbons (Fsp3) is 0.650. The monoisotopic (exact) mass is 399 g/mol. The van der Waals surface area contributed by atoms with E-state index in [1.807, 2.05) is 20.0 Å². The van der Waals surface area contributed by atoms with E-state index in [0.29, 0.717) is 11.8 Å². The van der Waals surface area contributed by atoms with Crippen molar-refractivity contribution in [2.75, 3.05) is 25.0 Å². The lowest BCUT2D eigenvalue weighted by Gasteiger charge is -2.34. The van der Waals surface area contributed by atoms with Gasteiger partial charge in [-0.2, -0.15) is 0 Å². The number of nitrogens with two attached hydrogens (primary N) is 1. The van der Waals surface area contributed by atoms with E-state index in [4.69, 9.17) is 5.73 Å². The number of amides is 1. The van der Waals surface area contributed by atoms with Gasteiger partial charge < -0.3 is 15.4 Å². The Labute approximate surface area is 163 Å². The van der Waals surface area contributed by atoms with Crippen LogP contribution in [0.2, 0.25) is 0 Å². The molecule has 2 aliphatic rings. The number of ether oxygens (including phenoxy) is 1. The second kappa shape index (κ2) is 8.19. The van der Waals surface area contributed by atoms with Gasteiger partial charge in [0.25, 0.3) is 0 Å². The van der Waals surface area contributed by atoms with Gasteiger partial charge in [0.15, 0.2) is 0 Å². The number of nitrogens with zero attached hydrogens (tertiary/aromatic N) is 2. The molecule has 1 aromatic rings. The van der Waals surface area contributed by atoms with Crippen LogP contribution < -0.4 is 15.4 Å². The van der Waals surface area contributed by atoms with Gasteiger partial charge in [-0.05, 0) is 50.3 Å². The molecule has 0 bridgehead atoms. The Morgan fingerprint density at radius 3 is 2.75 bits per heavy atom. The van der Waals surface area contributed by atoms with Gasteiger partial charge in [-0.15, -0.1) is 13.2 Å². The summed E-state index contributed by atoms with van der Waals surface area (Å²) in [4.78, 5) is 16.1. The van der Waals surface area contributed by atoms with Gasteiger partial charge in [0.2, 0.25) is 5.91 Å². The van der Waals surface area contributed by atoms with E-state index in [-0.39, 0.29) is 23.7 Å². The van der Waals surface area contributed by atoms with Crippen LogP contribution in [0.3, 0.4) is 0 Å². The molecular formula is C20H28F3N3O2. The maximum atomic E-state index is 12.5. The van der Waals surface area contributed by atoms with Crippen LogP contribution in [0.5, 0.6) is 5.75 Å². The molecule has 1 aliphatic heterocycles. The van der Waals surface area contributed by atoms with Crippen molar-refractivity contribution >= 4 is 11.6 Å². The number of likely N-dealkylation sites (N-methyl/N-ethyl adjacent to an activating group) is 1. The van der Waals surface area contributed by atoms with Gasteiger partial charge in [-0.25, -0.2) is 0 Å². The van der Waals surface area contributed by atoms with Crippen LogP contribution in [0.1, 0.15) is 32.6 Å². The second-order valence-corrected chi connectivity index (χ2v) is 7.89. The lowest BCUT2D eigenvalue weighted by molar-refractivity contribution is -0.274. The lowest BCUT2D eigenvalue weighted by Crippen LogP contribution is -2.49. The maximum absolute atomic E-state index is 12.5. The summed E-state index contributed by atoms with van der Waals surface area (Å²) in [5.74, 6) is 0.345. The van der Waals surface area contributed by atoms with Crippen LogP contribution in [0, 0.1) is 11.8 Å². The molecule has 5 nitrogen and oxygen atoms in total. The Morgan fingerprint density at radius 2 is 2.11 bits per heavy atom. The van der Waals surface area contributed by atoms with Crippen LogP contribution in [0.4, 0.5) is 18.9 Å². The number of anilines is 1. The maximum Gasteiger partial charge on any atom is 0.573 e. The molecule has 1 amide bonds. The Balaban J connectivity index is 1.71. The minimum absolute atomic E-state index is 0.201. The predicted octanol–water partition coefficient (Wildman–Crippen LogP) is 3.39. The lowest BCUT2D eigenvalue weighted by atomic mass is 9.95. The molecule has 8 heteroatoms. The number of halogens is 3. The predicted molar refractivity (Wildman–Crippen MR) is 101 cm³/mol. The normalized spacial score (nSPS) is 25.8. The molecule has 0 spiro atoms. The summed E-state index contributed by atoms with van der Waals surface area (Å²) in [6.45, 7) is 3.60. The molecule has 156 valence electrons. The third-order valence-electron chi connectivity index (χ3n) is 6.14. The van der Waals surface area contributed by atoms with E-state index in [2.05, 4.69) is 14.5 Å². The van der Waals surface area contributed by atoms with Crippen LogP contribution in [-0.2, 0) is 4.79 Å². The molecule has 0 unspecified atom stereocenters. The highest BCUT2D eigenvalue weighted by atomic mass is 19.4. The highest BCUT2D eigenvalue weighted by molar-refractivity contribution is 5.79. The van der Waals surface area contributed by atoms with Crippen LogP contribution >= 0.6 is 0 Å². The Morgan fingerprint density at radius 1 is 1.36 bits per heavy atom. The fourth-order valence-corrected chi connectivity index (χ4v) is 4.88. The van der Waals surface area contributed by atoms with E-state index in [0.717, 1.165) is 44.5 Å². The number of rotatable bonds is 7. The molecule has 0 aromatic heterocycles. The molecule has 28 heavy (non-hydrogen) atoms. The smallest absolute Gasteiger partial charge is 0.406 e. The van der Waals surface area contributed by atoms with Gasteiger partial charge in [-0.3, -0.25) is 9.69 Å². The van der Waals surface area contributed by atoms with Gasteiger partial charge in [0.05, 0.1) is 6.04 Å². The third kappa shape index (κ3) is 4.54. The van der Waals surface area contributed by atoms with Gasteiger partial charge in [0.1, 0.15) is 5.75 Å². The van der Waals surface area contributed by atoms with Crippen molar-refractivity contribution in [1.82, 2.24) is 4.90 Å². The number of carbonyl (C=O) groups is 1. The second-order valence-electron chi connectivity index (χ2n) is 7.89. The van der Waals surface area contributed by atoms with Crippen molar-refractivity contribution in [2.24, 2.45) is 17.6 Å². The molecule has 3 rings (SSSR count). The number of hydrogen-bond acceptors (Lipinski definition) is 4. The summed E-state index contributed by atoms with van der Waals surface area (Å²) in [7, 11) is 1.97. The Hall–Kier alpha value is -1.96. The number of primary amides is 1. The summed E-state index contributed by atoms with van der Waals surface area (Å²) in [6, 6.07) is 6.13. The third-order valence-corrected chi connectivity index (χ3v) is 6.14. The van der Waals surface area contributed by atoms with E-state index in [1.165, 1.54) is 12.1 Å². The van der Waals surface area contributed by atoms with Crippen LogP contribution in [0.15, 0.2) is 24.3 Å². The first-order chi connectivity index (χ1) is 13.2. The summed E-state index contributed by atoms with van der Waals surface area (Å²) < 4.78 is 41.6. The summed E-state index contributed by atoms with van der Waals surface area (Å²) in [5.41, 5.74) is 6.35. The Kier molecular flexibility index (Phi) is 6.07. The molecule has 1 heterocycles. The summed E-state index contributed by atoms with van der Waals surface area (Å²) in [5, 5.41) is 0. The first kappa shape index (κ1) is 20.8. The molecular weight excluding hydrogens is 371 g/mol. The first-order valence-electron chi connectivity index (χ1n) is 9.81. The van der Waals surface area contributed by atoms with Crippen LogP contribution in [-0.4, -0.2) is 49.4 Å². The number of hydrogen-bond donors (Lipinski definition) is 1. The highest BCUT2D eigenvalue weighted by Gasteiger charge is 2.45. The van der Waals surface area contributed by atoms with Crippen molar-refractivity contribution in [3.05, 3.63) is 24.3 Å². The fourth-order valence-electron chi connectivity index (χ4n) is 4.88. The standard InChI is InChI=1S/C20H28F3N3O2/c1-3-5-18(19(24)27)25(2)17-9-8-13-11-26(12-16(13)17)14-6-4-7-15(10-14)28-20(21,22)23/h4,6-7,10,13,16-18H,3,5,8-9,11-12H2,1-2H3,(H2,24,27)/t13-,16+,17+,18+/m1/s1. The summed E-state index contributed by atoms with van der Waals surface area (Å²) >= 11 is 0. The van der Waals surface area contributed by atoms with E-state index in [1.54, 1.807) is 6.07 Å². The number of fused-ring (bicyclic) bond motifs is 1. The van der Waals surface area contributed by atoms with Crippen molar-refractivity contribution < 1.29 is 22.7 Å². The van der Waals surface area contributed by atoms with Crippen molar-refractivity contribution in [3.8, 4) is 5.75 Å². The SMILES string of the molecule is CCC[C@@H](C(N)=O)N(C)[C@H]1CC[C@@H]2CN(c3cccc(OC(F)(F)F)c3)C[C@@H]21. The zero-order chi connectivity index (χ0) is 20.5. The average Bonchev–Trinajstić information content (AvgIpc) is 3.18. The minimum Gasteiger partial charge on any atom is -0.406 e. The molecule has 1 aromatic carbocycles. The molecule has 1 saturated carbocycles. The summed E-state index contributed by atoms with van der Waals surface area (Å²) in [6.07, 6.45) is -1.01. The minimum atomic E-state index is -4.70. The largest absolute Gasteiger partial charge is 0.573 e. The molecule has 2 N–H and O–H groups in total. The number of benzene rings is 1. The van der Waals surface area contributed by atoms with Gasteiger partial charge >= 0.3 is 6.36 Å². The zero-order valence-electron chi connectivity index (χ0n) is 16.3. The molecule has 2 fully saturated rings. The number of alkyl halides is 3. The van der Waals surface area contributed by atoms with Gasteiger partial charge in [-0.1, -0.05) is 19.4 Å². The van der Waals surface area contributed by atoms with E-state index >= 15 is 0 Å². The molecule has 4 atom stereocenters. The first-order valence-corrected chi connectivity index (χ1v) is 9.81. The molecule has 1 saturated heterocycles. The number of carbonyl (C=O) groups excluding carboxylic acids is 1. The quantitative estimate of drug-likeness (QED) is 0.764. The topological polar surface area (TPSA) is 58.8 Å². The van der Waals surface area contributed by atoms with Crippen LogP contribution in [0.25, 0.3) is 0 Å². The zero-order valence-corrected chi connectivity index (χ0v) is 16.3. The van der Waals surface area contributed by atoms with Crippen molar-refractivity contribution in [3.63, 3.8) is 0 Å². The molecule has 1 aliphatic carbocycles. The van der Waals surface area contributed by atoms with E-state index in [9.17, 15) is 18.0 Å². The van der Waals surface area contributed by atoms with Crippen molar-refractivity contribution in [2.45, 2.75) is 51.1 Å². The van der Waals surface area contributed by atoms with E-state index < -0.39 is 6.36 Å². The molecule has 0 radical (unpaired) electrons. The average molecular weight is 399 g/mol. The van der Waals surface area contributed by atoms with Gasteiger partial charge in [0, 0.05) is 30.9 Å².